The first-order valence-corrected chi connectivity index (χ1v) is 11.4. The third-order valence-corrected chi connectivity index (χ3v) is 5.69. The van der Waals surface area contributed by atoms with E-state index in [0.29, 0.717) is 37.4 Å². The van der Waals surface area contributed by atoms with Gasteiger partial charge in [0.1, 0.15) is 19.0 Å². The summed E-state index contributed by atoms with van der Waals surface area (Å²) in [6, 6.07) is 17.4. The molecular formula is C25H23NO5S. The molecule has 2 aromatic carbocycles. The molecule has 0 saturated heterocycles. The Labute approximate surface area is 190 Å². The highest BCUT2D eigenvalue weighted by Crippen LogP contribution is 2.35. The molecule has 0 amide bonds. The predicted molar refractivity (Wildman–Crippen MR) is 121 cm³/mol. The number of esters is 1. The number of unbranched alkanes of at least 4 members (excludes halogenated alkanes) is 1. The largest absolute Gasteiger partial charge is 0.494 e. The summed E-state index contributed by atoms with van der Waals surface area (Å²) in [5, 5.41) is 12.7. The van der Waals surface area contributed by atoms with Gasteiger partial charge in [-0.05, 0) is 48.2 Å². The van der Waals surface area contributed by atoms with Gasteiger partial charge in [-0.15, -0.1) is 11.3 Å². The van der Waals surface area contributed by atoms with Gasteiger partial charge < -0.3 is 18.9 Å². The zero-order valence-electron chi connectivity index (χ0n) is 17.5. The third kappa shape index (κ3) is 5.80. The van der Waals surface area contributed by atoms with Gasteiger partial charge in [-0.1, -0.05) is 24.3 Å². The van der Waals surface area contributed by atoms with E-state index >= 15 is 0 Å². The van der Waals surface area contributed by atoms with Crippen LogP contribution in [0.5, 0.6) is 17.2 Å². The number of fused-ring (bicyclic) bond motifs is 1. The van der Waals surface area contributed by atoms with Crippen molar-refractivity contribution in [2.75, 3.05) is 19.8 Å². The second-order valence-electron chi connectivity index (χ2n) is 7.35. The number of hydrogen-bond acceptors (Lipinski definition) is 7. The monoisotopic (exact) mass is 449 g/mol. The van der Waals surface area contributed by atoms with Gasteiger partial charge in [-0.3, -0.25) is 4.79 Å². The Kier molecular flexibility index (Phi) is 7.26. The van der Waals surface area contributed by atoms with Gasteiger partial charge in [0.15, 0.2) is 17.6 Å². The van der Waals surface area contributed by atoms with Crippen LogP contribution in [0.4, 0.5) is 0 Å². The average molecular weight is 450 g/mol. The van der Waals surface area contributed by atoms with Gasteiger partial charge in [0, 0.05) is 17.2 Å². The number of rotatable bonds is 9. The molecule has 0 saturated carbocycles. The number of carbonyl (C=O) groups is 1. The fourth-order valence-corrected chi connectivity index (χ4v) is 3.91. The first-order valence-electron chi connectivity index (χ1n) is 10.5. The SMILES string of the molecule is N#Cc1ccc(-c2ccc(OCCCCC(=O)OCC3COc4cscc4O3)cc2)cc1. The molecule has 0 fully saturated rings. The number of nitriles is 1. The quantitative estimate of drug-likeness (QED) is 0.329. The maximum absolute atomic E-state index is 12.0. The highest BCUT2D eigenvalue weighted by atomic mass is 32.1. The van der Waals surface area contributed by atoms with E-state index in [9.17, 15) is 4.79 Å². The molecule has 1 aliphatic rings. The van der Waals surface area contributed by atoms with E-state index < -0.39 is 0 Å². The van der Waals surface area contributed by atoms with Gasteiger partial charge in [0.25, 0.3) is 0 Å². The number of carbonyl (C=O) groups excluding carboxylic acids is 1. The van der Waals surface area contributed by atoms with E-state index in [0.717, 1.165) is 29.0 Å². The molecule has 6 nitrogen and oxygen atoms in total. The predicted octanol–water partition coefficient (Wildman–Crippen LogP) is 5.22. The molecule has 0 N–H and O–H groups in total. The van der Waals surface area contributed by atoms with E-state index in [1.165, 1.54) is 11.3 Å². The van der Waals surface area contributed by atoms with Crippen LogP contribution in [0.15, 0.2) is 59.3 Å². The fraction of sp³-hybridized carbons (Fsp3) is 0.280. The van der Waals surface area contributed by atoms with Crippen molar-refractivity contribution in [1.29, 1.82) is 5.26 Å². The Balaban J connectivity index is 1.10. The molecule has 0 bridgehead atoms. The van der Waals surface area contributed by atoms with Crippen molar-refractivity contribution < 1.29 is 23.7 Å². The molecule has 1 atom stereocenters. The molecule has 1 aromatic heterocycles. The fourth-order valence-electron chi connectivity index (χ4n) is 3.24. The van der Waals surface area contributed by atoms with Crippen molar-refractivity contribution in [1.82, 2.24) is 0 Å². The van der Waals surface area contributed by atoms with Crippen molar-refractivity contribution in [2.45, 2.75) is 25.4 Å². The molecule has 164 valence electrons. The molecule has 3 aromatic rings. The zero-order valence-corrected chi connectivity index (χ0v) is 18.3. The van der Waals surface area contributed by atoms with Crippen LogP contribution in [0.2, 0.25) is 0 Å². The highest BCUT2D eigenvalue weighted by Gasteiger charge is 2.23. The number of ether oxygens (including phenoxy) is 4. The Bertz CT molecular complexity index is 1070. The topological polar surface area (TPSA) is 77.8 Å². The molecule has 7 heteroatoms. The number of thiophene rings is 1. The first-order chi connectivity index (χ1) is 15.7. The molecule has 1 aliphatic heterocycles. The normalized spacial score (nSPS) is 14.4. The standard InChI is InChI=1S/C25H23NO5S/c26-13-18-4-6-19(7-5-18)20-8-10-21(11-9-20)28-12-2-1-3-25(27)30-15-22-14-29-23-16-32-17-24(23)31-22/h4-11,16-17,22H,1-3,12,14-15H2. The minimum Gasteiger partial charge on any atom is -0.494 e. The summed E-state index contributed by atoms with van der Waals surface area (Å²) < 4.78 is 22.4. The average Bonchev–Trinajstić information content (AvgIpc) is 3.31. The summed E-state index contributed by atoms with van der Waals surface area (Å²) in [6.45, 7) is 1.11. The van der Waals surface area contributed by atoms with E-state index in [2.05, 4.69) is 6.07 Å². The van der Waals surface area contributed by atoms with Crippen LogP contribution >= 0.6 is 11.3 Å². The van der Waals surface area contributed by atoms with Crippen LogP contribution in [-0.4, -0.2) is 31.9 Å². The molecule has 2 heterocycles. The summed E-state index contributed by atoms with van der Waals surface area (Å²) >= 11 is 1.52. The van der Waals surface area contributed by atoms with E-state index in [1.807, 2.05) is 47.2 Å². The molecule has 0 radical (unpaired) electrons. The smallest absolute Gasteiger partial charge is 0.305 e. The second-order valence-corrected chi connectivity index (χ2v) is 8.10. The third-order valence-electron chi connectivity index (χ3n) is 4.99. The molecular weight excluding hydrogens is 426 g/mol. The van der Waals surface area contributed by atoms with Crippen LogP contribution < -0.4 is 14.2 Å². The summed E-state index contributed by atoms with van der Waals surface area (Å²) in [5.41, 5.74) is 2.76. The van der Waals surface area contributed by atoms with E-state index in [-0.39, 0.29) is 18.7 Å². The maximum atomic E-state index is 12.0. The number of hydrogen-bond donors (Lipinski definition) is 0. The lowest BCUT2D eigenvalue weighted by molar-refractivity contribution is -0.147. The Hall–Kier alpha value is -3.50. The van der Waals surface area contributed by atoms with Gasteiger partial charge in [-0.25, -0.2) is 0 Å². The zero-order chi connectivity index (χ0) is 22.2. The lowest BCUT2D eigenvalue weighted by Crippen LogP contribution is -2.33. The number of nitrogens with zero attached hydrogens (tertiary/aromatic N) is 1. The summed E-state index contributed by atoms with van der Waals surface area (Å²) in [7, 11) is 0. The van der Waals surface area contributed by atoms with Gasteiger partial charge in [0.2, 0.25) is 0 Å². The van der Waals surface area contributed by atoms with Crippen LogP contribution in [0.3, 0.4) is 0 Å². The summed E-state index contributed by atoms with van der Waals surface area (Å²) in [6.07, 6.45) is 1.53. The van der Waals surface area contributed by atoms with Crippen LogP contribution in [0.1, 0.15) is 24.8 Å². The number of benzene rings is 2. The van der Waals surface area contributed by atoms with Crippen molar-refractivity contribution in [3.8, 4) is 34.4 Å². The Morgan fingerprint density at radius 2 is 1.75 bits per heavy atom. The van der Waals surface area contributed by atoms with Crippen molar-refractivity contribution >= 4 is 17.3 Å². The van der Waals surface area contributed by atoms with Crippen molar-refractivity contribution in [2.24, 2.45) is 0 Å². The van der Waals surface area contributed by atoms with Gasteiger partial charge in [0.05, 0.1) is 18.2 Å². The van der Waals surface area contributed by atoms with Crippen LogP contribution in [-0.2, 0) is 9.53 Å². The molecule has 0 spiro atoms. The summed E-state index contributed by atoms with van der Waals surface area (Å²) in [5.74, 6) is 2.01. The molecule has 0 aliphatic carbocycles. The van der Waals surface area contributed by atoms with Gasteiger partial charge in [-0.2, -0.15) is 5.26 Å². The Morgan fingerprint density at radius 3 is 2.50 bits per heavy atom. The van der Waals surface area contributed by atoms with E-state index in [4.69, 9.17) is 24.2 Å². The summed E-state index contributed by atoms with van der Waals surface area (Å²) in [4.78, 5) is 12.0. The van der Waals surface area contributed by atoms with Gasteiger partial charge >= 0.3 is 5.97 Å². The van der Waals surface area contributed by atoms with Crippen LogP contribution in [0.25, 0.3) is 11.1 Å². The Morgan fingerprint density at radius 1 is 1.03 bits per heavy atom. The molecule has 1 unspecified atom stereocenters. The van der Waals surface area contributed by atoms with Crippen LogP contribution in [0, 0.1) is 11.3 Å². The maximum Gasteiger partial charge on any atom is 0.305 e. The second kappa shape index (κ2) is 10.7. The molecule has 32 heavy (non-hydrogen) atoms. The minimum absolute atomic E-state index is 0.191. The highest BCUT2D eigenvalue weighted by molar-refractivity contribution is 7.08. The van der Waals surface area contributed by atoms with E-state index in [1.54, 1.807) is 12.1 Å². The van der Waals surface area contributed by atoms with Crippen molar-refractivity contribution in [3.63, 3.8) is 0 Å². The minimum atomic E-state index is -0.267. The first kappa shape index (κ1) is 21.7. The van der Waals surface area contributed by atoms with Crippen molar-refractivity contribution in [3.05, 3.63) is 64.9 Å². The lowest BCUT2D eigenvalue weighted by Gasteiger charge is -2.24. The lowest BCUT2D eigenvalue weighted by atomic mass is 10.0. The molecule has 4 rings (SSSR count).